The predicted molar refractivity (Wildman–Crippen MR) is 40.9 cm³/mol. The molecule has 66 valence electrons. The van der Waals surface area contributed by atoms with Gasteiger partial charge in [0, 0.05) is 7.05 Å². The van der Waals surface area contributed by atoms with E-state index in [9.17, 15) is 13.2 Å². The zero-order chi connectivity index (χ0) is 9.14. The predicted octanol–water partition coefficient (Wildman–Crippen LogP) is 2.81. The molecule has 0 heterocycles. The fourth-order valence-electron chi connectivity index (χ4n) is 0.911. The van der Waals surface area contributed by atoms with E-state index in [-0.39, 0.29) is 5.69 Å². The molecule has 1 nitrogen and oxygen atoms in total. The fourth-order valence-corrected chi connectivity index (χ4v) is 0.911. The highest BCUT2D eigenvalue weighted by Crippen LogP contribution is 2.26. The molecule has 0 fully saturated rings. The quantitative estimate of drug-likeness (QED) is 0.728. The van der Waals surface area contributed by atoms with E-state index in [0.29, 0.717) is 0 Å². The number of anilines is 1. The molecule has 0 aliphatic rings. The van der Waals surface area contributed by atoms with Crippen LogP contribution in [-0.2, 0) is 0 Å². The van der Waals surface area contributed by atoms with Gasteiger partial charge in [-0.25, -0.2) is 13.2 Å². The van der Waals surface area contributed by atoms with Gasteiger partial charge in [0.2, 0.25) is 0 Å². The summed E-state index contributed by atoms with van der Waals surface area (Å²) in [6.07, 6.45) is -2.77. The molecule has 0 saturated carbocycles. The molecule has 0 aromatic heterocycles. The van der Waals surface area contributed by atoms with Crippen LogP contribution in [0.2, 0.25) is 0 Å². The number of hydrogen-bond donors (Lipinski definition) is 1. The Kier molecular flexibility index (Phi) is 2.58. The molecular weight excluding hydrogens is 167 g/mol. The summed E-state index contributed by atoms with van der Waals surface area (Å²) < 4.78 is 37.1. The highest BCUT2D eigenvalue weighted by molar-refractivity contribution is 5.47. The number of halogens is 3. The van der Waals surface area contributed by atoms with Crippen LogP contribution in [0.1, 0.15) is 12.0 Å². The zero-order valence-electron chi connectivity index (χ0n) is 6.44. The molecule has 0 aliphatic heterocycles. The first-order chi connectivity index (χ1) is 5.66. The van der Waals surface area contributed by atoms with Crippen molar-refractivity contribution >= 4 is 5.69 Å². The Morgan fingerprint density at radius 3 is 2.50 bits per heavy atom. The third-order valence-electron chi connectivity index (χ3n) is 1.53. The second-order valence-corrected chi connectivity index (χ2v) is 2.26. The summed E-state index contributed by atoms with van der Waals surface area (Å²) in [4.78, 5) is 0. The summed E-state index contributed by atoms with van der Waals surface area (Å²) >= 11 is 0. The van der Waals surface area contributed by atoms with E-state index in [1.807, 2.05) is 0 Å². The van der Waals surface area contributed by atoms with Crippen LogP contribution < -0.4 is 5.32 Å². The molecule has 0 radical (unpaired) electrons. The fraction of sp³-hybridized carbons (Fsp3) is 0.250. The van der Waals surface area contributed by atoms with Crippen molar-refractivity contribution in [1.29, 1.82) is 0 Å². The Bertz CT molecular complexity index is 273. The smallest absolute Gasteiger partial charge is 0.266 e. The molecule has 0 spiro atoms. The van der Waals surface area contributed by atoms with Crippen molar-refractivity contribution in [2.24, 2.45) is 0 Å². The standard InChI is InChI=1S/C8H8F3N/c1-12-6-4-2-3-5(7(6)9)8(10)11/h2-4,8,12H,1H3. The Morgan fingerprint density at radius 2 is 2.00 bits per heavy atom. The summed E-state index contributed by atoms with van der Waals surface area (Å²) in [6, 6.07) is 3.86. The number of nitrogens with one attached hydrogen (secondary N) is 1. The summed E-state index contributed by atoms with van der Waals surface area (Å²) in [7, 11) is 1.48. The van der Waals surface area contributed by atoms with Crippen LogP contribution in [0.4, 0.5) is 18.9 Å². The van der Waals surface area contributed by atoms with Crippen molar-refractivity contribution in [1.82, 2.24) is 0 Å². The Labute approximate surface area is 68.2 Å². The number of rotatable bonds is 2. The first-order valence-corrected chi connectivity index (χ1v) is 3.41. The highest BCUT2D eigenvalue weighted by Gasteiger charge is 2.14. The van der Waals surface area contributed by atoms with Crippen molar-refractivity contribution < 1.29 is 13.2 Å². The SMILES string of the molecule is CNc1cccc(C(F)F)c1F. The molecule has 0 unspecified atom stereocenters. The highest BCUT2D eigenvalue weighted by atomic mass is 19.3. The van der Waals surface area contributed by atoms with Gasteiger partial charge < -0.3 is 5.32 Å². The largest absolute Gasteiger partial charge is 0.386 e. The monoisotopic (exact) mass is 175 g/mol. The van der Waals surface area contributed by atoms with Crippen LogP contribution >= 0.6 is 0 Å². The van der Waals surface area contributed by atoms with Crippen molar-refractivity contribution in [3.05, 3.63) is 29.6 Å². The van der Waals surface area contributed by atoms with Crippen molar-refractivity contribution in [3.63, 3.8) is 0 Å². The van der Waals surface area contributed by atoms with Crippen molar-refractivity contribution in [3.8, 4) is 0 Å². The number of benzene rings is 1. The summed E-state index contributed by atoms with van der Waals surface area (Å²) in [6.45, 7) is 0. The van der Waals surface area contributed by atoms with E-state index >= 15 is 0 Å². The molecule has 0 bridgehead atoms. The van der Waals surface area contributed by atoms with Gasteiger partial charge in [0.05, 0.1) is 11.3 Å². The molecule has 1 rings (SSSR count). The van der Waals surface area contributed by atoms with E-state index in [4.69, 9.17) is 0 Å². The van der Waals surface area contributed by atoms with Crippen LogP contribution in [0.5, 0.6) is 0 Å². The van der Waals surface area contributed by atoms with Gasteiger partial charge in [-0.05, 0) is 6.07 Å². The minimum atomic E-state index is -2.77. The average Bonchev–Trinajstić information content (AvgIpc) is 2.04. The van der Waals surface area contributed by atoms with E-state index in [1.54, 1.807) is 0 Å². The number of alkyl halides is 2. The van der Waals surface area contributed by atoms with Crippen LogP contribution in [0, 0.1) is 5.82 Å². The topological polar surface area (TPSA) is 12.0 Å². The molecule has 1 N–H and O–H groups in total. The van der Waals surface area contributed by atoms with Gasteiger partial charge in [-0.3, -0.25) is 0 Å². The molecule has 0 saturated heterocycles. The van der Waals surface area contributed by atoms with Crippen LogP contribution in [0.15, 0.2) is 18.2 Å². The maximum Gasteiger partial charge on any atom is 0.266 e. The average molecular weight is 175 g/mol. The maximum atomic E-state index is 13.0. The minimum Gasteiger partial charge on any atom is -0.386 e. The molecule has 0 amide bonds. The lowest BCUT2D eigenvalue weighted by molar-refractivity contribution is 0.146. The molecule has 1 aromatic rings. The van der Waals surface area contributed by atoms with Gasteiger partial charge in [-0.2, -0.15) is 0 Å². The lowest BCUT2D eigenvalue weighted by atomic mass is 10.2. The van der Waals surface area contributed by atoms with Gasteiger partial charge in [0.1, 0.15) is 0 Å². The Hall–Kier alpha value is -1.19. The minimum absolute atomic E-state index is 0.0906. The zero-order valence-corrected chi connectivity index (χ0v) is 6.44. The molecule has 0 aliphatic carbocycles. The van der Waals surface area contributed by atoms with E-state index in [0.717, 1.165) is 6.07 Å². The van der Waals surface area contributed by atoms with Gasteiger partial charge >= 0.3 is 0 Å². The normalized spacial score (nSPS) is 10.4. The molecular formula is C8H8F3N. The molecule has 4 heteroatoms. The summed E-state index contributed by atoms with van der Waals surface area (Å²) in [5, 5.41) is 2.48. The lowest BCUT2D eigenvalue weighted by Gasteiger charge is -2.05. The van der Waals surface area contributed by atoms with Gasteiger partial charge in [-0.1, -0.05) is 12.1 Å². The van der Waals surface area contributed by atoms with Gasteiger partial charge in [-0.15, -0.1) is 0 Å². The first kappa shape index (κ1) is 8.90. The second-order valence-electron chi connectivity index (χ2n) is 2.26. The molecule has 12 heavy (non-hydrogen) atoms. The van der Waals surface area contributed by atoms with Gasteiger partial charge in [0.15, 0.2) is 5.82 Å². The first-order valence-electron chi connectivity index (χ1n) is 3.41. The van der Waals surface area contributed by atoms with Crippen molar-refractivity contribution in [2.75, 3.05) is 12.4 Å². The Morgan fingerprint density at radius 1 is 1.33 bits per heavy atom. The summed E-state index contributed by atoms with van der Waals surface area (Å²) in [5.41, 5.74) is -0.477. The summed E-state index contributed by atoms with van der Waals surface area (Å²) in [5.74, 6) is -0.880. The van der Waals surface area contributed by atoms with Crippen LogP contribution in [0.3, 0.4) is 0 Å². The second kappa shape index (κ2) is 3.47. The van der Waals surface area contributed by atoms with Gasteiger partial charge in [0.25, 0.3) is 6.43 Å². The maximum absolute atomic E-state index is 13.0. The Balaban J connectivity index is 3.14. The van der Waals surface area contributed by atoms with Crippen LogP contribution in [0.25, 0.3) is 0 Å². The third-order valence-corrected chi connectivity index (χ3v) is 1.53. The van der Waals surface area contributed by atoms with E-state index in [1.165, 1.54) is 19.2 Å². The van der Waals surface area contributed by atoms with E-state index in [2.05, 4.69) is 5.32 Å². The number of hydrogen-bond acceptors (Lipinski definition) is 1. The molecule has 1 aromatic carbocycles. The third kappa shape index (κ3) is 1.52. The lowest BCUT2D eigenvalue weighted by Crippen LogP contribution is -1.97. The van der Waals surface area contributed by atoms with E-state index < -0.39 is 17.8 Å². The van der Waals surface area contributed by atoms with Crippen LogP contribution in [-0.4, -0.2) is 7.05 Å². The van der Waals surface area contributed by atoms with Crippen molar-refractivity contribution in [2.45, 2.75) is 6.43 Å². The molecule has 0 atom stereocenters.